The van der Waals surface area contributed by atoms with Crippen molar-refractivity contribution in [2.75, 3.05) is 0 Å². The van der Waals surface area contributed by atoms with E-state index in [1.54, 1.807) is 18.3 Å². The van der Waals surface area contributed by atoms with Gasteiger partial charge in [0.2, 0.25) is 0 Å². The molecule has 0 atom stereocenters. The van der Waals surface area contributed by atoms with E-state index in [0.29, 0.717) is 16.8 Å². The molecule has 193 valence electrons. The number of hydrogen-bond donors (Lipinski definition) is 0. The average Bonchev–Trinajstić information content (AvgIpc) is 3.32. The summed E-state index contributed by atoms with van der Waals surface area (Å²) in [5.41, 5.74) is 5.94. The molecule has 0 unspecified atom stereocenters. The second-order valence-electron chi connectivity index (χ2n) is 10.0. The van der Waals surface area contributed by atoms with E-state index < -0.39 is 14.9 Å². The van der Waals surface area contributed by atoms with Crippen molar-refractivity contribution in [2.45, 2.75) is 33.4 Å². The van der Waals surface area contributed by atoms with Crippen LogP contribution in [-0.4, -0.2) is 18.0 Å². The molecule has 0 fully saturated rings. The number of pyridine rings is 2. The average molecular weight is 694 g/mol. The van der Waals surface area contributed by atoms with Crippen LogP contribution in [0.5, 0.6) is 0 Å². The van der Waals surface area contributed by atoms with E-state index in [1.165, 1.54) is 10.8 Å². The quantitative estimate of drug-likeness (QED) is 0.139. The number of nitrogens with zero attached hydrogens (tertiary/aromatic N) is 2. The van der Waals surface area contributed by atoms with Gasteiger partial charge in [-0.25, -0.2) is 0 Å². The van der Waals surface area contributed by atoms with Gasteiger partial charge in [0.15, 0.2) is 0 Å². The third-order valence-corrected chi connectivity index (χ3v) is 8.22. The van der Waals surface area contributed by atoms with Gasteiger partial charge in [0, 0.05) is 50.1 Å². The van der Waals surface area contributed by atoms with Gasteiger partial charge in [0.1, 0.15) is 5.58 Å². The molecule has 0 amide bonds. The molecule has 0 N–H and O–H groups in total. The standard InChI is InChI=1S/C21H20NOSi.C12H10N.Ir/c1-14-8-7-13-22-20(14)16-11-12-18(24(2,3)4)19-15-9-5-6-10-17(15)23-21(16)19;1-10-7-8-13-12(9-10)11-5-3-2-4-6-11;/h5-10,12-13H,1-4H3;2-5,7-9H,1H3;/q2*-1;/i1D3;;. The number of hydrogen-bond acceptors (Lipinski definition) is 3. The van der Waals surface area contributed by atoms with Crippen LogP contribution in [0.25, 0.3) is 44.5 Å². The smallest absolute Gasteiger partial charge is 0.120 e. The molecule has 0 saturated heterocycles. The second-order valence-corrected chi connectivity index (χ2v) is 15.1. The minimum atomic E-state index is -2.26. The Morgan fingerprint density at radius 1 is 0.895 bits per heavy atom. The minimum Gasteiger partial charge on any atom is -0.501 e. The van der Waals surface area contributed by atoms with Crippen molar-refractivity contribution in [1.82, 2.24) is 9.97 Å². The van der Waals surface area contributed by atoms with Crippen LogP contribution in [0.1, 0.15) is 15.2 Å². The zero-order chi connectivity index (χ0) is 28.5. The summed E-state index contributed by atoms with van der Waals surface area (Å²) in [5.74, 6) is 0. The Balaban J connectivity index is 0.000000233. The van der Waals surface area contributed by atoms with Crippen LogP contribution >= 0.6 is 0 Å². The van der Waals surface area contributed by atoms with Gasteiger partial charge in [-0.05, 0) is 43.4 Å². The third-order valence-electron chi connectivity index (χ3n) is 6.21. The fraction of sp³-hybridized carbons (Fsp3) is 0.152. The molecule has 38 heavy (non-hydrogen) atoms. The molecular weight excluding hydrogens is 661 g/mol. The van der Waals surface area contributed by atoms with Gasteiger partial charge in [-0.1, -0.05) is 72.0 Å². The van der Waals surface area contributed by atoms with Crippen molar-refractivity contribution in [1.29, 1.82) is 0 Å². The summed E-state index contributed by atoms with van der Waals surface area (Å²) < 4.78 is 29.8. The number of aromatic nitrogens is 2. The molecule has 3 aromatic carbocycles. The molecule has 1 radical (unpaired) electrons. The summed E-state index contributed by atoms with van der Waals surface area (Å²) in [6.07, 6.45) is 3.44. The van der Waals surface area contributed by atoms with Gasteiger partial charge < -0.3 is 14.4 Å². The molecule has 3 nitrogen and oxygen atoms in total. The predicted molar refractivity (Wildman–Crippen MR) is 157 cm³/mol. The summed E-state index contributed by atoms with van der Waals surface area (Å²) in [6.45, 7) is 6.66. The topological polar surface area (TPSA) is 38.9 Å². The molecule has 0 bridgehead atoms. The van der Waals surface area contributed by atoms with Crippen LogP contribution in [0.4, 0.5) is 0 Å². The fourth-order valence-electron chi connectivity index (χ4n) is 4.38. The van der Waals surface area contributed by atoms with Crippen molar-refractivity contribution >= 4 is 35.2 Å². The Hall–Kier alpha value is -3.37. The fourth-order valence-corrected chi connectivity index (χ4v) is 5.88. The maximum Gasteiger partial charge on any atom is 0.120 e. The monoisotopic (exact) mass is 694 g/mol. The Morgan fingerprint density at radius 2 is 1.71 bits per heavy atom. The zero-order valence-corrected chi connectivity index (χ0v) is 25.2. The van der Waals surface area contributed by atoms with Crippen molar-refractivity contribution in [3.8, 4) is 22.5 Å². The van der Waals surface area contributed by atoms with Gasteiger partial charge in [-0.3, -0.25) is 0 Å². The van der Waals surface area contributed by atoms with Gasteiger partial charge in [-0.15, -0.1) is 53.2 Å². The molecule has 3 aromatic heterocycles. The molecule has 0 saturated carbocycles. The summed E-state index contributed by atoms with van der Waals surface area (Å²) in [6, 6.07) is 31.6. The van der Waals surface area contributed by atoms with Gasteiger partial charge in [0.25, 0.3) is 0 Å². The zero-order valence-electron chi connectivity index (χ0n) is 24.8. The molecular formula is C33H30IrN2OSi-2. The Morgan fingerprint density at radius 3 is 2.45 bits per heavy atom. The molecule has 6 rings (SSSR count). The molecule has 0 spiro atoms. The van der Waals surface area contributed by atoms with Crippen molar-refractivity contribution in [2.24, 2.45) is 0 Å². The number of benzene rings is 3. The van der Waals surface area contributed by atoms with E-state index in [4.69, 9.17) is 8.53 Å². The number of para-hydroxylation sites is 1. The maximum absolute atomic E-state index is 7.88. The maximum atomic E-state index is 7.88. The molecule has 5 heteroatoms. The third kappa shape index (κ3) is 5.71. The van der Waals surface area contributed by atoms with E-state index in [-0.39, 0.29) is 25.7 Å². The van der Waals surface area contributed by atoms with Crippen LogP contribution in [0, 0.1) is 25.9 Å². The number of fused-ring (bicyclic) bond motifs is 3. The predicted octanol–water partition coefficient (Wildman–Crippen LogP) is 8.16. The first-order chi connectivity index (χ1) is 19.0. The number of furan rings is 1. The van der Waals surface area contributed by atoms with Gasteiger partial charge >= 0.3 is 0 Å². The summed E-state index contributed by atoms with van der Waals surface area (Å²) in [5, 5.41) is 3.35. The first-order valence-corrected chi connectivity index (χ1v) is 15.8. The van der Waals surface area contributed by atoms with E-state index in [9.17, 15) is 0 Å². The minimum absolute atomic E-state index is 0. The molecule has 0 aliphatic carbocycles. The molecule has 0 aliphatic heterocycles. The molecule has 0 aliphatic rings. The number of aryl methyl sites for hydroxylation is 2. The number of rotatable bonds is 3. The van der Waals surface area contributed by atoms with E-state index in [2.05, 4.69) is 60.8 Å². The van der Waals surface area contributed by atoms with Crippen LogP contribution in [0.3, 0.4) is 0 Å². The van der Waals surface area contributed by atoms with Crippen LogP contribution in [-0.2, 0) is 20.1 Å². The summed E-state index contributed by atoms with van der Waals surface area (Å²) in [4.78, 5) is 8.67. The molecule has 6 aromatic rings. The van der Waals surface area contributed by atoms with Crippen LogP contribution in [0.15, 0.2) is 95.7 Å². The van der Waals surface area contributed by atoms with E-state index >= 15 is 0 Å². The van der Waals surface area contributed by atoms with Crippen LogP contribution < -0.4 is 5.19 Å². The normalized spacial score (nSPS) is 12.6. The SMILES string of the molecule is Cc1ccnc(-c2[c-]cccc2)c1.[2H]C([2H])([2H])c1cccnc1-c1[c-]cc([Si](C)(C)C)c2c1oc1ccccc12.[Ir]. The van der Waals surface area contributed by atoms with Crippen molar-refractivity contribution < 1.29 is 28.6 Å². The Bertz CT molecular complexity index is 1790. The first-order valence-electron chi connectivity index (χ1n) is 13.8. The summed E-state index contributed by atoms with van der Waals surface area (Å²) >= 11 is 0. The van der Waals surface area contributed by atoms with Gasteiger partial charge in [0.05, 0.1) is 5.58 Å². The Labute approximate surface area is 243 Å². The van der Waals surface area contributed by atoms with E-state index in [0.717, 1.165) is 27.6 Å². The second kappa shape index (κ2) is 11.6. The Kier molecular flexibility index (Phi) is 7.22. The first kappa shape index (κ1) is 23.7. The van der Waals surface area contributed by atoms with Crippen molar-refractivity contribution in [3.05, 3.63) is 115 Å². The van der Waals surface area contributed by atoms with E-state index in [1.807, 2.05) is 60.8 Å². The summed E-state index contributed by atoms with van der Waals surface area (Å²) in [7, 11) is -1.68. The van der Waals surface area contributed by atoms with Crippen LogP contribution in [0.2, 0.25) is 19.6 Å². The van der Waals surface area contributed by atoms with Gasteiger partial charge in [-0.2, -0.15) is 0 Å². The largest absolute Gasteiger partial charge is 0.501 e. The van der Waals surface area contributed by atoms with Crippen molar-refractivity contribution in [3.63, 3.8) is 0 Å². The molecule has 3 heterocycles.